The molecule has 0 saturated heterocycles. The molecule has 0 heterocycles. The molecular weight excluding hydrogens is 216 g/mol. The molecule has 0 radical (unpaired) electrons. The number of ether oxygens (including phenoxy) is 1. The van der Waals surface area contributed by atoms with E-state index >= 15 is 0 Å². The van der Waals surface area contributed by atoms with Crippen LogP contribution in [0.15, 0.2) is 24.3 Å². The molecule has 2 unspecified atom stereocenters. The zero-order valence-electron chi connectivity index (χ0n) is 10.6. The van der Waals surface area contributed by atoms with Crippen molar-refractivity contribution in [2.45, 2.75) is 32.4 Å². The molecular formula is C13H20N2O2. The van der Waals surface area contributed by atoms with Gasteiger partial charge in [-0.05, 0) is 31.5 Å². The first-order valence-electron chi connectivity index (χ1n) is 5.71. The van der Waals surface area contributed by atoms with Crippen LogP contribution in [-0.4, -0.2) is 19.1 Å². The molecule has 1 aromatic rings. The Labute approximate surface area is 102 Å². The van der Waals surface area contributed by atoms with Crippen LogP contribution < -0.4 is 11.1 Å². The summed E-state index contributed by atoms with van der Waals surface area (Å²) in [5, 5.41) is 2.82. The maximum atomic E-state index is 11.6. The van der Waals surface area contributed by atoms with Gasteiger partial charge in [-0.3, -0.25) is 4.79 Å². The summed E-state index contributed by atoms with van der Waals surface area (Å²) in [5.41, 5.74) is 7.37. The summed E-state index contributed by atoms with van der Waals surface area (Å²) in [6.45, 7) is 3.77. The first-order chi connectivity index (χ1) is 8.02. The Kier molecular flexibility index (Phi) is 5.12. The topological polar surface area (TPSA) is 64.3 Å². The molecule has 0 aliphatic rings. The van der Waals surface area contributed by atoms with Crippen LogP contribution in [0.2, 0.25) is 0 Å². The smallest absolute Gasteiger partial charge is 0.225 e. The van der Waals surface area contributed by atoms with Gasteiger partial charge in [0.15, 0.2) is 0 Å². The molecule has 4 heteroatoms. The summed E-state index contributed by atoms with van der Waals surface area (Å²) >= 11 is 0. The van der Waals surface area contributed by atoms with Crippen LogP contribution in [0.5, 0.6) is 0 Å². The Morgan fingerprint density at radius 2 is 2.18 bits per heavy atom. The van der Waals surface area contributed by atoms with Gasteiger partial charge in [0.25, 0.3) is 0 Å². The number of methoxy groups -OCH3 is 1. The Balaban J connectivity index is 2.69. The normalized spacial score (nSPS) is 14.1. The monoisotopic (exact) mass is 236 g/mol. The standard InChI is InChI=1S/C13H20N2O2/c1-9(14)7-13(16)15-12-6-4-5-11(8-12)10(2)17-3/h4-6,8-10H,7,14H2,1-3H3,(H,15,16). The molecule has 0 saturated carbocycles. The van der Waals surface area contributed by atoms with Crippen molar-refractivity contribution >= 4 is 11.6 Å². The Morgan fingerprint density at radius 1 is 1.47 bits per heavy atom. The lowest BCUT2D eigenvalue weighted by atomic mass is 10.1. The second-order valence-electron chi connectivity index (χ2n) is 4.23. The maximum Gasteiger partial charge on any atom is 0.225 e. The van der Waals surface area contributed by atoms with Crippen LogP contribution >= 0.6 is 0 Å². The Bertz CT molecular complexity index is 377. The maximum absolute atomic E-state index is 11.6. The summed E-state index contributed by atoms with van der Waals surface area (Å²) in [4.78, 5) is 11.6. The van der Waals surface area contributed by atoms with Crippen LogP contribution in [0.4, 0.5) is 5.69 Å². The minimum absolute atomic E-state index is 0.0142. The van der Waals surface area contributed by atoms with Crippen molar-refractivity contribution in [3.63, 3.8) is 0 Å². The van der Waals surface area contributed by atoms with E-state index in [9.17, 15) is 4.79 Å². The third kappa shape index (κ3) is 4.54. The molecule has 0 fully saturated rings. The number of benzene rings is 1. The zero-order chi connectivity index (χ0) is 12.8. The highest BCUT2D eigenvalue weighted by Crippen LogP contribution is 2.19. The second-order valence-corrected chi connectivity index (χ2v) is 4.23. The van der Waals surface area contributed by atoms with Gasteiger partial charge in [-0.2, -0.15) is 0 Å². The van der Waals surface area contributed by atoms with E-state index in [1.165, 1.54) is 0 Å². The van der Waals surface area contributed by atoms with E-state index in [1.807, 2.05) is 38.1 Å². The van der Waals surface area contributed by atoms with E-state index in [4.69, 9.17) is 10.5 Å². The van der Waals surface area contributed by atoms with Crippen molar-refractivity contribution in [2.75, 3.05) is 12.4 Å². The summed E-state index contributed by atoms with van der Waals surface area (Å²) in [7, 11) is 1.66. The lowest BCUT2D eigenvalue weighted by Gasteiger charge is -2.12. The number of rotatable bonds is 5. The van der Waals surface area contributed by atoms with Crippen LogP contribution in [0.3, 0.4) is 0 Å². The first kappa shape index (κ1) is 13.7. The van der Waals surface area contributed by atoms with E-state index in [1.54, 1.807) is 7.11 Å². The van der Waals surface area contributed by atoms with Crippen molar-refractivity contribution in [1.29, 1.82) is 0 Å². The van der Waals surface area contributed by atoms with Gasteiger partial charge in [-0.25, -0.2) is 0 Å². The number of anilines is 1. The van der Waals surface area contributed by atoms with Gasteiger partial charge in [0, 0.05) is 25.3 Å². The number of hydrogen-bond acceptors (Lipinski definition) is 3. The summed E-state index contributed by atoms with van der Waals surface area (Å²) in [6, 6.07) is 7.50. The van der Waals surface area contributed by atoms with Crippen molar-refractivity contribution in [2.24, 2.45) is 5.73 Å². The molecule has 0 aliphatic carbocycles. The molecule has 94 valence electrons. The molecule has 0 aromatic heterocycles. The Hall–Kier alpha value is -1.39. The number of hydrogen-bond donors (Lipinski definition) is 2. The summed E-state index contributed by atoms with van der Waals surface area (Å²) in [5.74, 6) is -0.0674. The average Bonchev–Trinajstić information content (AvgIpc) is 2.27. The average molecular weight is 236 g/mol. The van der Waals surface area contributed by atoms with Crippen molar-refractivity contribution in [3.8, 4) is 0 Å². The third-order valence-corrected chi connectivity index (χ3v) is 2.50. The molecule has 3 N–H and O–H groups in total. The molecule has 17 heavy (non-hydrogen) atoms. The third-order valence-electron chi connectivity index (χ3n) is 2.50. The highest BCUT2D eigenvalue weighted by atomic mass is 16.5. The molecule has 1 amide bonds. The van der Waals surface area contributed by atoms with Crippen LogP contribution in [0, 0.1) is 0 Å². The lowest BCUT2D eigenvalue weighted by Crippen LogP contribution is -2.24. The van der Waals surface area contributed by atoms with E-state index < -0.39 is 0 Å². The van der Waals surface area contributed by atoms with Gasteiger partial charge in [-0.15, -0.1) is 0 Å². The molecule has 4 nitrogen and oxygen atoms in total. The summed E-state index contributed by atoms with van der Waals surface area (Å²) in [6.07, 6.45) is 0.338. The van der Waals surface area contributed by atoms with E-state index in [-0.39, 0.29) is 18.1 Å². The molecule has 2 atom stereocenters. The van der Waals surface area contributed by atoms with Crippen LogP contribution in [-0.2, 0) is 9.53 Å². The van der Waals surface area contributed by atoms with E-state index in [0.717, 1.165) is 11.3 Å². The molecule has 0 spiro atoms. The summed E-state index contributed by atoms with van der Waals surface area (Å²) < 4.78 is 5.23. The zero-order valence-corrected chi connectivity index (χ0v) is 10.6. The fourth-order valence-electron chi connectivity index (χ4n) is 1.51. The van der Waals surface area contributed by atoms with Gasteiger partial charge in [0.05, 0.1) is 6.10 Å². The van der Waals surface area contributed by atoms with Gasteiger partial charge >= 0.3 is 0 Å². The van der Waals surface area contributed by atoms with Gasteiger partial charge in [-0.1, -0.05) is 12.1 Å². The SMILES string of the molecule is COC(C)c1cccc(NC(=O)CC(C)N)c1. The molecule has 0 bridgehead atoms. The first-order valence-corrected chi connectivity index (χ1v) is 5.71. The molecule has 0 aliphatic heterocycles. The number of carbonyl (C=O) groups is 1. The van der Waals surface area contributed by atoms with Crippen molar-refractivity contribution in [1.82, 2.24) is 0 Å². The van der Waals surface area contributed by atoms with E-state index in [0.29, 0.717) is 6.42 Å². The van der Waals surface area contributed by atoms with Crippen molar-refractivity contribution < 1.29 is 9.53 Å². The lowest BCUT2D eigenvalue weighted by molar-refractivity contribution is -0.116. The Morgan fingerprint density at radius 3 is 2.76 bits per heavy atom. The number of nitrogens with one attached hydrogen (secondary N) is 1. The predicted octanol–water partition coefficient (Wildman–Crippen LogP) is 2.07. The number of amides is 1. The number of nitrogens with two attached hydrogens (primary N) is 1. The van der Waals surface area contributed by atoms with Crippen LogP contribution in [0.25, 0.3) is 0 Å². The molecule has 1 aromatic carbocycles. The minimum Gasteiger partial charge on any atom is -0.377 e. The fourth-order valence-corrected chi connectivity index (χ4v) is 1.51. The van der Waals surface area contributed by atoms with Crippen LogP contribution in [0.1, 0.15) is 31.9 Å². The molecule has 1 rings (SSSR count). The minimum atomic E-state index is -0.129. The fraction of sp³-hybridized carbons (Fsp3) is 0.462. The quantitative estimate of drug-likeness (QED) is 0.822. The second kappa shape index (κ2) is 6.37. The predicted molar refractivity (Wildman–Crippen MR) is 68.8 cm³/mol. The van der Waals surface area contributed by atoms with Gasteiger partial charge < -0.3 is 15.8 Å². The van der Waals surface area contributed by atoms with Gasteiger partial charge in [0.2, 0.25) is 5.91 Å². The van der Waals surface area contributed by atoms with Crippen molar-refractivity contribution in [3.05, 3.63) is 29.8 Å². The number of carbonyl (C=O) groups excluding carboxylic acids is 1. The van der Waals surface area contributed by atoms with Gasteiger partial charge in [0.1, 0.15) is 0 Å². The largest absolute Gasteiger partial charge is 0.377 e. The highest BCUT2D eigenvalue weighted by molar-refractivity contribution is 5.91. The van der Waals surface area contributed by atoms with E-state index in [2.05, 4.69) is 5.32 Å². The highest BCUT2D eigenvalue weighted by Gasteiger charge is 2.07.